The third-order valence-electron chi connectivity index (χ3n) is 3.94. The fourth-order valence-electron chi connectivity index (χ4n) is 2.51. The first kappa shape index (κ1) is 19.6. The molecule has 0 spiro atoms. The van der Waals surface area contributed by atoms with Gasteiger partial charge in [-0.1, -0.05) is 52.4 Å². The van der Waals surface area contributed by atoms with Crippen LogP contribution >= 0.6 is 0 Å². The molecule has 130 valence electrons. The standard InChI is InChI=1S/C19H28F2O2/c1-3-5-7-8-9-11-16(10-6-4-2)23-19(22)15-12-13-17(20)18(21)14-15/h12-14,16H,3-11H2,1-2H3. The van der Waals surface area contributed by atoms with E-state index in [0.29, 0.717) is 0 Å². The number of carbonyl (C=O) groups is 1. The smallest absolute Gasteiger partial charge is 0.338 e. The molecular formula is C19H28F2O2. The van der Waals surface area contributed by atoms with Gasteiger partial charge >= 0.3 is 5.97 Å². The summed E-state index contributed by atoms with van der Waals surface area (Å²) in [6, 6.07) is 3.12. The maximum absolute atomic E-state index is 13.2. The first-order chi connectivity index (χ1) is 11.1. The molecule has 0 bridgehead atoms. The SMILES string of the molecule is CCCCCCCC(CCCC)OC(=O)c1ccc(F)c(F)c1. The summed E-state index contributed by atoms with van der Waals surface area (Å²) in [6.45, 7) is 4.27. The molecule has 0 aliphatic carbocycles. The Hall–Kier alpha value is -1.45. The van der Waals surface area contributed by atoms with Crippen molar-refractivity contribution >= 4 is 5.97 Å². The molecule has 1 aromatic carbocycles. The highest BCUT2D eigenvalue weighted by Gasteiger charge is 2.17. The van der Waals surface area contributed by atoms with Gasteiger partial charge in [-0.2, -0.15) is 0 Å². The molecule has 0 aliphatic heterocycles. The minimum absolute atomic E-state index is 0.0661. The van der Waals surface area contributed by atoms with Crippen molar-refractivity contribution in [3.63, 3.8) is 0 Å². The van der Waals surface area contributed by atoms with Gasteiger partial charge in [0.15, 0.2) is 11.6 Å². The quantitative estimate of drug-likeness (QED) is 0.366. The van der Waals surface area contributed by atoms with Crippen LogP contribution in [0, 0.1) is 11.6 Å². The van der Waals surface area contributed by atoms with Crippen LogP contribution in [0.5, 0.6) is 0 Å². The van der Waals surface area contributed by atoms with E-state index in [-0.39, 0.29) is 11.7 Å². The first-order valence-electron chi connectivity index (χ1n) is 8.74. The molecule has 0 radical (unpaired) electrons. The van der Waals surface area contributed by atoms with Gasteiger partial charge < -0.3 is 4.74 Å². The topological polar surface area (TPSA) is 26.3 Å². The van der Waals surface area contributed by atoms with E-state index in [1.54, 1.807) is 0 Å². The first-order valence-corrected chi connectivity index (χ1v) is 8.74. The van der Waals surface area contributed by atoms with Gasteiger partial charge in [0.2, 0.25) is 0 Å². The Morgan fingerprint density at radius 1 is 0.957 bits per heavy atom. The Labute approximate surface area is 138 Å². The molecule has 0 aromatic heterocycles. The second-order valence-electron chi connectivity index (χ2n) is 6.00. The van der Waals surface area contributed by atoms with E-state index in [4.69, 9.17) is 4.74 Å². The monoisotopic (exact) mass is 326 g/mol. The van der Waals surface area contributed by atoms with Crippen molar-refractivity contribution in [1.82, 2.24) is 0 Å². The fourth-order valence-corrected chi connectivity index (χ4v) is 2.51. The Kier molecular flexibility index (Phi) is 9.49. The van der Waals surface area contributed by atoms with E-state index in [1.165, 1.54) is 25.3 Å². The van der Waals surface area contributed by atoms with E-state index in [1.807, 2.05) is 0 Å². The predicted octanol–water partition coefficient (Wildman–Crippen LogP) is 6.04. The molecule has 0 amide bonds. The minimum Gasteiger partial charge on any atom is -0.459 e. The van der Waals surface area contributed by atoms with Crippen molar-refractivity contribution in [3.05, 3.63) is 35.4 Å². The molecular weight excluding hydrogens is 298 g/mol. The Morgan fingerprint density at radius 2 is 1.61 bits per heavy atom. The van der Waals surface area contributed by atoms with Crippen molar-refractivity contribution in [1.29, 1.82) is 0 Å². The maximum atomic E-state index is 13.2. The van der Waals surface area contributed by atoms with E-state index in [9.17, 15) is 13.6 Å². The second-order valence-corrected chi connectivity index (χ2v) is 6.00. The van der Waals surface area contributed by atoms with Crippen LogP contribution in [0.25, 0.3) is 0 Å². The van der Waals surface area contributed by atoms with Crippen molar-refractivity contribution in [2.24, 2.45) is 0 Å². The molecule has 2 nitrogen and oxygen atoms in total. The average Bonchev–Trinajstić information content (AvgIpc) is 2.54. The number of unbranched alkanes of at least 4 members (excludes halogenated alkanes) is 5. The minimum atomic E-state index is -1.02. The summed E-state index contributed by atoms with van der Waals surface area (Å²) in [4.78, 5) is 12.1. The summed E-state index contributed by atoms with van der Waals surface area (Å²) in [6.07, 6.45) is 9.33. The number of esters is 1. The lowest BCUT2D eigenvalue weighted by atomic mass is 10.0. The molecule has 0 heterocycles. The lowest BCUT2D eigenvalue weighted by Crippen LogP contribution is -2.18. The fraction of sp³-hybridized carbons (Fsp3) is 0.632. The number of halogens is 2. The molecule has 0 saturated heterocycles. The summed E-state index contributed by atoms with van der Waals surface area (Å²) in [7, 11) is 0. The number of ether oxygens (including phenoxy) is 1. The normalized spacial score (nSPS) is 12.2. The van der Waals surface area contributed by atoms with Gasteiger partial charge in [0.05, 0.1) is 5.56 Å². The van der Waals surface area contributed by atoms with Crippen LogP contribution in [0.2, 0.25) is 0 Å². The van der Waals surface area contributed by atoms with Gasteiger partial charge in [0.25, 0.3) is 0 Å². The number of benzene rings is 1. The number of hydrogen-bond acceptors (Lipinski definition) is 2. The zero-order valence-corrected chi connectivity index (χ0v) is 14.2. The lowest BCUT2D eigenvalue weighted by Gasteiger charge is -2.18. The van der Waals surface area contributed by atoms with Crippen molar-refractivity contribution in [2.75, 3.05) is 0 Å². The summed E-state index contributed by atoms with van der Waals surface area (Å²) >= 11 is 0. The summed E-state index contributed by atoms with van der Waals surface area (Å²) < 4.78 is 31.7. The van der Waals surface area contributed by atoms with Gasteiger partial charge in [0, 0.05) is 0 Å². The molecule has 1 aromatic rings. The molecule has 1 rings (SSSR count). The summed E-state index contributed by atoms with van der Waals surface area (Å²) in [5, 5.41) is 0. The summed E-state index contributed by atoms with van der Waals surface area (Å²) in [5.74, 6) is -2.55. The molecule has 23 heavy (non-hydrogen) atoms. The molecule has 4 heteroatoms. The van der Waals surface area contributed by atoms with Crippen LogP contribution < -0.4 is 0 Å². The molecule has 1 atom stereocenters. The average molecular weight is 326 g/mol. The number of carbonyl (C=O) groups excluding carboxylic acids is 1. The van der Waals surface area contributed by atoms with Gasteiger partial charge in [-0.3, -0.25) is 0 Å². The third-order valence-corrected chi connectivity index (χ3v) is 3.94. The van der Waals surface area contributed by atoms with E-state index in [2.05, 4.69) is 13.8 Å². The molecule has 0 aliphatic rings. The zero-order chi connectivity index (χ0) is 17.1. The lowest BCUT2D eigenvalue weighted by molar-refractivity contribution is 0.0249. The van der Waals surface area contributed by atoms with Crippen molar-refractivity contribution in [2.45, 2.75) is 77.7 Å². The van der Waals surface area contributed by atoms with Crippen LogP contribution in [0.4, 0.5) is 8.78 Å². The highest BCUT2D eigenvalue weighted by atomic mass is 19.2. The van der Waals surface area contributed by atoms with Gasteiger partial charge in [-0.15, -0.1) is 0 Å². The van der Waals surface area contributed by atoms with Crippen molar-refractivity contribution in [3.8, 4) is 0 Å². The molecule has 0 fully saturated rings. The molecule has 0 saturated carbocycles. The summed E-state index contributed by atoms with van der Waals surface area (Å²) in [5.41, 5.74) is 0.0661. The van der Waals surface area contributed by atoms with Crippen LogP contribution in [-0.2, 0) is 4.74 Å². The molecule has 1 unspecified atom stereocenters. The number of rotatable bonds is 11. The largest absolute Gasteiger partial charge is 0.459 e. The Balaban J connectivity index is 2.53. The third kappa shape index (κ3) is 7.58. The maximum Gasteiger partial charge on any atom is 0.338 e. The van der Waals surface area contributed by atoms with Crippen molar-refractivity contribution < 1.29 is 18.3 Å². The highest BCUT2D eigenvalue weighted by Crippen LogP contribution is 2.17. The second kappa shape index (κ2) is 11.1. The Bertz CT molecular complexity index is 474. The van der Waals surface area contributed by atoms with E-state index < -0.39 is 17.6 Å². The van der Waals surface area contributed by atoms with Crippen LogP contribution in [0.3, 0.4) is 0 Å². The van der Waals surface area contributed by atoms with Gasteiger partial charge in [0.1, 0.15) is 6.10 Å². The van der Waals surface area contributed by atoms with Gasteiger partial charge in [-0.05, 0) is 37.5 Å². The zero-order valence-electron chi connectivity index (χ0n) is 14.2. The van der Waals surface area contributed by atoms with Gasteiger partial charge in [-0.25, -0.2) is 13.6 Å². The molecule has 0 N–H and O–H groups in total. The highest BCUT2D eigenvalue weighted by molar-refractivity contribution is 5.89. The number of hydrogen-bond donors (Lipinski definition) is 0. The van der Waals surface area contributed by atoms with Crippen LogP contribution in [0.15, 0.2) is 18.2 Å². The van der Waals surface area contributed by atoms with E-state index in [0.717, 1.165) is 50.7 Å². The predicted molar refractivity (Wildman–Crippen MR) is 88.5 cm³/mol. The van der Waals surface area contributed by atoms with Crippen LogP contribution in [-0.4, -0.2) is 12.1 Å². The van der Waals surface area contributed by atoms with Crippen LogP contribution in [0.1, 0.15) is 82.0 Å². The Morgan fingerprint density at radius 3 is 2.26 bits per heavy atom. The van der Waals surface area contributed by atoms with E-state index >= 15 is 0 Å².